The molecule has 0 radical (unpaired) electrons. The van der Waals surface area contributed by atoms with E-state index < -0.39 is 11.4 Å². The number of hydrogen-bond acceptors (Lipinski definition) is 5. The highest BCUT2D eigenvalue weighted by Crippen LogP contribution is 2.47. The van der Waals surface area contributed by atoms with Crippen molar-refractivity contribution in [2.45, 2.75) is 25.0 Å². The van der Waals surface area contributed by atoms with Crippen molar-refractivity contribution in [3.63, 3.8) is 0 Å². The lowest BCUT2D eigenvalue weighted by Gasteiger charge is -2.46. The second-order valence-corrected chi connectivity index (χ2v) is 8.34. The lowest BCUT2D eigenvalue weighted by atomic mass is 9.75. The number of benzene rings is 2. The van der Waals surface area contributed by atoms with E-state index in [1.165, 1.54) is 23.9 Å². The summed E-state index contributed by atoms with van der Waals surface area (Å²) in [6.07, 6.45) is 0.777. The van der Waals surface area contributed by atoms with Gasteiger partial charge in [0.2, 0.25) is 0 Å². The number of rotatable bonds is 2. The number of hydrogen-bond donors (Lipinski definition) is 1. The Morgan fingerprint density at radius 2 is 2.14 bits per heavy atom. The van der Waals surface area contributed by atoms with E-state index in [0.29, 0.717) is 27.6 Å². The van der Waals surface area contributed by atoms with Gasteiger partial charge in [0.1, 0.15) is 11.4 Å². The fourth-order valence-electron chi connectivity index (χ4n) is 3.88. The van der Waals surface area contributed by atoms with Crippen LogP contribution in [0.15, 0.2) is 53.5 Å². The molecule has 5 nitrogen and oxygen atoms in total. The van der Waals surface area contributed by atoms with Gasteiger partial charge in [-0.1, -0.05) is 30.0 Å². The zero-order valence-electron chi connectivity index (χ0n) is 15.9. The predicted octanol–water partition coefficient (Wildman–Crippen LogP) is 3.85. The number of ether oxygens (including phenoxy) is 1. The zero-order chi connectivity index (χ0) is 20.4. The average molecular weight is 409 g/mol. The number of halogens is 1. The molecule has 148 valence electrons. The van der Waals surface area contributed by atoms with E-state index in [4.69, 9.17) is 9.73 Å². The number of aliphatic imine (C=N–C) groups is 1. The molecule has 0 spiro atoms. The Balaban J connectivity index is 1.74. The molecule has 2 heterocycles. The van der Waals surface area contributed by atoms with Crippen LogP contribution in [0.25, 0.3) is 0 Å². The van der Waals surface area contributed by atoms with Crippen LogP contribution in [0.1, 0.15) is 34.8 Å². The van der Waals surface area contributed by atoms with Crippen LogP contribution in [0.5, 0.6) is 0 Å². The van der Waals surface area contributed by atoms with E-state index in [1.54, 1.807) is 30.3 Å². The summed E-state index contributed by atoms with van der Waals surface area (Å²) in [5, 5.41) is 12.6. The highest BCUT2D eigenvalue weighted by Gasteiger charge is 2.49. The van der Waals surface area contributed by atoms with Crippen LogP contribution in [0.4, 0.5) is 4.39 Å². The fraction of sp³-hybridized carbons (Fsp3) is 0.318. The van der Waals surface area contributed by atoms with Gasteiger partial charge in [0.25, 0.3) is 5.91 Å². The molecule has 2 aliphatic heterocycles. The van der Waals surface area contributed by atoms with Gasteiger partial charge in [-0.25, -0.2) is 9.38 Å². The van der Waals surface area contributed by atoms with Gasteiger partial charge < -0.3 is 10.1 Å². The summed E-state index contributed by atoms with van der Waals surface area (Å²) in [7, 11) is 0. The first-order valence-corrected chi connectivity index (χ1v) is 10.4. The SMILES string of the molecule is C[C@H]1C[C@H]2CSC(NC(=O)c3ccccc3)=N[C@@]2(c2cc(C#N)ccc2F)CO1. The highest BCUT2D eigenvalue weighted by atomic mass is 32.2. The first kappa shape index (κ1) is 19.6. The van der Waals surface area contributed by atoms with Crippen molar-refractivity contribution >= 4 is 22.8 Å². The Morgan fingerprint density at radius 1 is 1.34 bits per heavy atom. The number of carbonyl (C=O) groups excluding carboxylic acids is 1. The van der Waals surface area contributed by atoms with E-state index in [1.807, 2.05) is 13.0 Å². The van der Waals surface area contributed by atoms with E-state index in [9.17, 15) is 14.4 Å². The van der Waals surface area contributed by atoms with Crippen LogP contribution in [0.3, 0.4) is 0 Å². The molecule has 2 aromatic rings. The number of nitriles is 1. The first-order chi connectivity index (χ1) is 14.0. The molecule has 7 heteroatoms. The molecular formula is C22H20FN3O2S. The molecule has 1 saturated heterocycles. The number of nitrogens with zero attached hydrogens (tertiary/aromatic N) is 2. The normalized spacial score (nSPS) is 26.0. The van der Waals surface area contributed by atoms with Crippen LogP contribution in [0, 0.1) is 23.1 Å². The third-order valence-electron chi connectivity index (χ3n) is 5.42. The van der Waals surface area contributed by atoms with Gasteiger partial charge in [-0.05, 0) is 43.7 Å². The summed E-state index contributed by atoms with van der Waals surface area (Å²) in [5.41, 5.74) is 0.281. The standard InChI is InChI=1S/C22H20FN3O2S/c1-14-9-17-12-29-21(25-20(27)16-5-3-2-4-6-16)26-22(17,13-28-14)18-10-15(11-24)7-8-19(18)23/h2-8,10,14,17H,9,12-13H2,1H3,(H,25,26,27)/t14-,17-,22-/m0/s1. The minimum atomic E-state index is -0.964. The Bertz CT molecular complexity index is 1000. The number of amidine groups is 1. The van der Waals surface area contributed by atoms with Gasteiger partial charge >= 0.3 is 0 Å². The summed E-state index contributed by atoms with van der Waals surface area (Å²) in [6, 6.07) is 15.3. The summed E-state index contributed by atoms with van der Waals surface area (Å²) < 4.78 is 20.8. The smallest absolute Gasteiger partial charge is 0.257 e. The molecule has 0 bridgehead atoms. The molecule has 2 aromatic carbocycles. The highest BCUT2D eigenvalue weighted by molar-refractivity contribution is 8.13. The average Bonchev–Trinajstić information content (AvgIpc) is 2.75. The van der Waals surface area contributed by atoms with Crippen LogP contribution < -0.4 is 5.32 Å². The largest absolute Gasteiger partial charge is 0.376 e. The van der Waals surface area contributed by atoms with Gasteiger partial charge in [0.05, 0.1) is 24.3 Å². The van der Waals surface area contributed by atoms with Crippen molar-refractivity contribution in [1.29, 1.82) is 5.26 Å². The molecule has 4 rings (SSSR count). The van der Waals surface area contributed by atoms with Crippen LogP contribution >= 0.6 is 11.8 Å². The van der Waals surface area contributed by atoms with E-state index >= 15 is 0 Å². The van der Waals surface area contributed by atoms with E-state index in [2.05, 4.69) is 11.4 Å². The van der Waals surface area contributed by atoms with Crippen molar-refractivity contribution in [2.75, 3.05) is 12.4 Å². The van der Waals surface area contributed by atoms with Crippen molar-refractivity contribution < 1.29 is 13.9 Å². The predicted molar refractivity (Wildman–Crippen MR) is 110 cm³/mol. The molecule has 1 amide bonds. The van der Waals surface area contributed by atoms with Gasteiger partial charge in [0.15, 0.2) is 5.17 Å². The number of thioether (sulfide) groups is 1. The lowest BCUT2D eigenvalue weighted by molar-refractivity contribution is -0.0477. The molecule has 0 aromatic heterocycles. The van der Waals surface area contributed by atoms with Gasteiger partial charge in [-0.2, -0.15) is 5.26 Å². The van der Waals surface area contributed by atoms with Gasteiger partial charge in [0, 0.05) is 22.8 Å². The number of carbonyl (C=O) groups is 1. The monoisotopic (exact) mass is 409 g/mol. The molecule has 0 aliphatic carbocycles. The third-order valence-corrected chi connectivity index (χ3v) is 6.46. The lowest BCUT2D eigenvalue weighted by Crippen LogP contribution is -2.50. The van der Waals surface area contributed by atoms with Crippen LogP contribution in [0.2, 0.25) is 0 Å². The zero-order valence-corrected chi connectivity index (χ0v) is 16.7. The minimum Gasteiger partial charge on any atom is -0.376 e. The van der Waals surface area contributed by atoms with Gasteiger partial charge in [-0.15, -0.1) is 0 Å². The van der Waals surface area contributed by atoms with Crippen molar-refractivity contribution in [3.05, 3.63) is 71.0 Å². The molecule has 29 heavy (non-hydrogen) atoms. The second kappa shape index (κ2) is 7.97. The molecule has 1 fully saturated rings. The molecular weight excluding hydrogens is 389 g/mol. The number of fused-ring (bicyclic) bond motifs is 1. The first-order valence-electron chi connectivity index (χ1n) is 9.42. The summed E-state index contributed by atoms with van der Waals surface area (Å²) in [5.74, 6) is 0.0353. The summed E-state index contributed by atoms with van der Waals surface area (Å²) in [4.78, 5) is 17.4. The molecule has 0 unspecified atom stereocenters. The quantitative estimate of drug-likeness (QED) is 0.818. The third kappa shape index (κ3) is 3.78. The second-order valence-electron chi connectivity index (χ2n) is 7.33. The molecule has 1 N–H and O–H groups in total. The topological polar surface area (TPSA) is 74.5 Å². The van der Waals surface area contributed by atoms with Gasteiger partial charge in [-0.3, -0.25) is 4.79 Å². The summed E-state index contributed by atoms with van der Waals surface area (Å²) >= 11 is 1.46. The maximum Gasteiger partial charge on any atom is 0.257 e. The Labute approximate surface area is 173 Å². The maximum absolute atomic E-state index is 14.9. The van der Waals surface area contributed by atoms with E-state index in [-0.39, 0.29) is 24.5 Å². The van der Waals surface area contributed by atoms with Crippen molar-refractivity contribution in [3.8, 4) is 6.07 Å². The molecule has 3 atom stereocenters. The number of amides is 1. The number of nitrogens with one attached hydrogen (secondary N) is 1. The Morgan fingerprint density at radius 3 is 2.90 bits per heavy atom. The molecule has 2 aliphatic rings. The molecule has 0 saturated carbocycles. The van der Waals surface area contributed by atoms with Crippen molar-refractivity contribution in [2.24, 2.45) is 10.9 Å². The Hall–Kier alpha value is -2.69. The minimum absolute atomic E-state index is 0.0390. The van der Waals surface area contributed by atoms with Crippen molar-refractivity contribution in [1.82, 2.24) is 5.32 Å². The van der Waals surface area contributed by atoms with E-state index in [0.717, 1.165) is 6.42 Å². The van der Waals surface area contributed by atoms with Crippen LogP contribution in [-0.2, 0) is 10.3 Å². The van der Waals surface area contributed by atoms with Crippen LogP contribution in [-0.4, -0.2) is 29.5 Å². The maximum atomic E-state index is 14.9. The Kier molecular flexibility index (Phi) is 5.39. The summed E-state index contributed by atoms with van der Waals surface area (Å²) in [6.45, 7) is 2.20. The fourth-order valence-corrected chi connectivity index (χ4v) is 5.04.